The van der Waals surface area contributed by atoms with E-state index in [4.69, 9.17) is 4.42 Å². The summed E-state index contributed by atoms with van der Waals surface area (Å²) in [5, 5.41) is 15.8. The zero-order chi connectivity index (χ0) is 30.0. The van der Waals surface area contributed by atoms with E-state index in [-0.39, 0.29) is 44.9 Å². The Morgan fingerprint density at radius 2 is 1.67 bits per heavy atom. The van der Waals surface area contributed by atoms with Crippen LogP contribution >= 0.6 is 0 Å². The van der Waals surface area contributed by atoms with Gasteiger partial charge in [0.25, 0.3) is 5.91 Å². The Balaban J connectivity index is 1.67. The van der Waals surface area contributed by atoms with E-state index < -0.39 is 36.3 Å². The number of amides is 1. The van der Waals surface area contributed by atoms with Gasteiger partial charge in [-0.2, -0.15) is 18.2 Å². The van der Waals surface area contributed by atoms with Crippen LogP contribution in [-0.2, 0) is 0 Å². The molecule has 214 valence electrons. The predicted molar refractivity (Wildman–Crippen MR) is 149 cm³/mol. The zero-order valence-electron chi connectivity index (χ0n) is 22.0. The highest BCUT2D eigenvalue weighted by Crippen LogP contribution is 2.39. The minimum Gasteiger partial charge on any atom is -0.437 e. The Hall–Kier alpha value is -5.03. The van der Waals surface area contributed by atoms with Crippen molar-refractivity contribution in [3.05, 3.63) is 107 Å². The molecule has 5 aromatic rings. The van der Waals surface area contributed by atoms with Gasteiger partial charge in [0.05, 0.1) is 10.9 Å². The molecule has 42 heavy (non-hydrogen) atoms. The molecule has 3 aromatic carbocycles. The minimum absolute atomic E-state index is 0.0469. The second kappa shape index (κ2) is 11.5. The van der Waals surface area contributed by atoms with Gasteiger partial charge in [-0.3, -0.25) is 9.59 Å². The molecule has 0 saturated heterocycles. The molecule has 7 nitrogen and oxygen atoms in total. The van der Waals surface area contributed by atoms with Crippen molar-refractivity contribution >= 4 is 28.6 Å². The number of alkyl halides is 3. The Morgan fingerprint density at radius 3 is 2.33 bits per heavy atom. The molecule has 1 unspecified atom stereocenters. The molecule has 0 spiro atoms. The van der Waals surface area contributed by atoms with E-state index in [9.17, 15) is 32.3 Å². The molecule has 0 aliphatic rings. The van der Waals surface area contributed by atoms with E-state index in [1.165, 1.54) is 49.5 Å². The Labute approximate surface area is 236 Å². The number of aliphatic hydroxyl groups is 1. The number of ketones is 1. The maximum Gasteiger partial charge on any atom is 0.405 e. The van der Waals surface area contributed by atoms with Gasteiger partial charge in [-0.25, -0.2) is 4.39 Å². The number of nitrogens with one attached hydrogen (secondary N) is 2. The van der Waals surface area contributed by atoms with Gasteiger partial charge in [-0.05, 0) is 47.5 Å². The van der Waals surface area contributed by atoms with Crippen molar-refractivity contribution in [2.24, 2.45) is 0 Å². The number of halogens is 4. The highest BCUT2D eigenvalue weighted by molar-refractivity contribution is 6.11. The molecule has 1 atom stereocenters. The molecular weight excluding hydrogens is 554 g/mol. The summed E-state index contributed by atoms with van der Waals surface area (Å²) >= 11 is 0. The second-order valence-corrected chi connectivity index (χ2v) is 9.36. The van der Waals surface area contributed by atoms with Crippen LogP contribution in [0.5, 0.6) is 0 Å². The number of pyridine rings is 1. The molecule has 11 heteroatoms. The first-order valence-corrected chi connectivity index (χ1v) is 12.7. The minimum atomic E-state index is -4.58. The number of furan rings is 1. The summed E-state index contributed by atoms with van der Waals surface area (Å²) in [5.74, 6) is -1.78. The van der Waals surface area contributed by atoms with Gasteiger partial charge >= 0.3 is 6.18 Å². The number of hydrogen-bond donors (Lipinski definition) is 3. The van der Waals surface area contributed by atoms with E-state index >= 15 is 0 Å². The van der Waals surface area contributed by atoms with E-state index in [1.807, 2.05) is 0 Å². The lowest BCUT2D eigenvalue weighted by atomic mass is 9.95. The van der Waals surface area contributed by atoms with Crippen molar-refractivity contribution in [2.45, 2.75) is 12.3 Å². The van der Waals surface area contributed by atoms with Gasteiger partial charge in [-0.1, -0.05) is 48.5 Å². The number of Topliss-reactive ketones (excluding diaryl/α,β-unsaturated/α-hetero) is 1. The number of carbonyl (C=O) groups excluding carboxylic acids is 2. The first-order chi connectivity index (χ1) is 20.1. The molecule has 0 radical (unpaired) electrons. The quantitative estimate of drug-likeness (QED) is 0.143. The first kappa shape index (κ1) is 28.5. The third kappa shape index (κ3) is 5.86. The molecule has 1 amide bonds. The highest BCUT2D eigenvalue weighted by Gasteiger charge is 2.29. The maximum atomic E-state index is 13.6. The summed E-state index contributed by atoms with van der Waals surface area (Å²) in [6, 6.07) is 20.9. The van der Waals surface area contributed by atoms with Crippen LogP contribution in [-0.4, -0.2) is 41.5 Å². The molecule has 0 aliphatic carbocycles. The average Bonchev–Trinajstić information content (AvgIpc) is 3.37. The van der Waals surface area contributed by atoms with Crippen LogP contribution in [0.25, 0.3) is 33.6 Å². The first-order valence-electron chi connectivity index (χ1n) is 12.7. The average molecular weight is 578 g/mol. The van der Waals surface area contributed by atoms with Crippen LogP contribution in [0, 0.1) is 5.82 Å². The number of nitrogens with zero attached hydrogens (tertiary/aromatic N) is 1. The van der Waals surface area contributed by atoms with Gasteiger partial charge in [0.1, 0.15) is 30.0 Å². The second-order valence-electron chi connectivity index (χ2n) is 9.36. The molecule has 0 fully saturated rings. The number of aliphatic hydroxyl groups excluding tert-OH is 1. The molecular formula is C31H23F4N3O4. The molecule has 5 rings (SSSR count). The van der Waals surface area contributed by atoms with Crippen LogP contribution in [0.1, 0.15) is 32.4 Å². The molecule has 0 saturated carbocycles. The van der Waals surface area contributed by atoms with Crippen molar-refractivity contribution < 1.29 is 36.7 Å². The molecule has 2 aromatic heterocycles. The van der Waals surface area contributed by atoms with E-state index in [0.717, 1.165) is 0 Å². The van der Waals surface area contributed by atoms with Crippen LogP contribution < -0.4 is 10.6 Å². The summed E-state index contributed by atoms with van der Waals surface area (Å²) in [6.07, 6.45) is -6.12. The van der Waals surface area contributed by atoms with Crippen LogP contribution in [0.2, 0.25) is 0 Å². The Kier molecular flexibility index (Phi) is 7.77. The van der Waals surface area contributed by atoms with Crippen LogP contribution in [0.4, 0.5) is 23.4 Å². The highest BCUT2D eigenvalue weighted by atomic mass is 19.4. The number of carbonyl (C=O) groups is 2. The lowest BCUT2D eigenvalue weighted by molar-refractivity contribution is -0.115. The zero-order valence-corrected chi connectivity index (χ0v) is 22.0. The molecule has 2 heterocycles. The number of fused-ring (bicyclic) bond motifs is 1. The standard InChI is InChI=1S/C31H23F4N3O4/c1-36-29(41)24-23-15-22(19-8-5-9-20(14-19)26(40)25(39)17-6-3-2-4-7-17)28(37-16-31(33,34)35)38-30(23)42-27(24)18-10-12-21(32)13-11-18/h2-15,26,40H,16H2,1H3,(H,36,41)(H,37,38). The predicted octanol–water partition coefficient (Wildman–Crippen LogP) is 6.55. The number of rotatable bonds is 8. The van der Waals surface area contributed by atoms with Crippen molar-refractivity contribution in [2.75, 3.05) is 18.9 Å². The topological polar surface area (TPSA) is 104 Å². The number of aromatic nitrogens is 1. The van der Waals surface area contributed by atoms with Crippen molar-refractivity contribution in [3.63, 3.8) is 0 Å². The fourth-order valence-corrected chi connectivity index (χ4v) is 4.51. The number of anilines is 1. The summed E-state index contributed by atoms with van der Waals surface area (Å²) < 4.78 is 59.1. The Bertz CT molecular complexity index is 1770. The number of benzene rings is 3. The summed E-state index contributed by atoms with van der Waals surface area (Å²) in [5.41, 5.74) is 1.23. The van der Waals surface area contributed by atoms with Gasteiger partial charge < -0.3 is 20.2 Å². The number of hydrogen-bond acceptors (Lipinski definition) is 6. The van der Waals surface area contributed by atoms with Crippen LogP contribution in [0.15, 0.2) is 89.3 Å². The van der Waals surface area contributed by atoms with Crippen molar-refractivity contribution in [1.82, 2.24) is 10.3 Å². The largest absolute Gasteiger partial charge is 0.437 e. The lowest BCUT2D eigenvalue weighted by Crippen LogP contribution is -2.22. The van der Waals surface area contributed by atoms with Gasteiger partial charge in [0.15, 0.2) is 5.78 Å². The Morgan fingerprint density at radius 1 is 0.952 bits per heavy atom. The fraction of sp³-hybridized carbons (Fsp3) is 0.129. The van der Waals surface area contributed by atoms with Crippen LogP contribution in [0.3, 0.4) is 0 Å². The van der Waals surface area contributed by atoms with Crippen molar-refractivity contribution in [1.29, 1.82) is 0 Å². The monoisotopic (exact) mass is 577 g/mol. The summed E-state index contributed by atoms with van der Waals surface area (Å²) in [6.45, 7) is -1.42. The maximum absolute atomic E-state index is 13.6. The molecule has 3 N–H and O–H groups in total. The smallest absolute Gasteiger partial charge is 0.405 e. The van der Waals surface area contributed by atoms with Gasteiger partial charge in [-0.15, -0.1) is 0 Å². The molecule has 0 aliphatic heterocycles. The third-order valence-electron chi connectivity index (χ3n) is 6.52. The van der Waals surface area contributed by atoms with E-state index in [0.29, 0.717) is 11.1 Å². The van der Waals surface area contributed by atoms with E-state index in [1.54, 1.807) is 42.5 Å². The van der Waals surface area contributed by atoms with Gasteiger partial charge in [0, 0.05) is 23.7 Å². The SMILES string of the molecule is CNC(=O)c1c(-c2ccc(F)cc2)oc2nc(NCC(F)(F)F)c(-c3cccc(C(O)C(=O)c4ccccc4)c3)cc12. The lowest BCUT2D eigenvalue weighted by Gasteiger charge is -2.15. The van der Waals surface area contributed by atoms with E-state index in [2.05, 4.69) is 15.6 Å². The van der Waals surface area contributed by atoms with Gasteiger partial charge in [0.2, 0.25) is 5.71 Å². The third-order valence-corrected chi connectivity index (χ3v) is 6.52. The fourth-order valence-electron chi connectivity index (χ4n) is 4.51. The summed E-state index contributed by atoms with van der Waals surface area (Å²) in [7, 11) is 1.40. The summed E-state index contributed by atoms with van der Waals surface area (Å²) in [4.78, 5) is 30.2. The molecule has 0 bridgehead atoms. The van der Waals surface area contributed by atoms with Crippen molar-refractivity contribution in [3.8, 4) is 22.5 Å². The normalized spacial score (nSPS) is 12.2.